The maximum Gasteiger partial charge on any atom is 0.0544 e. The van der Waals surface area contributed by atoms with Crippen molar-refractivity contribution < 1.29 is 0 Å². The van der Waals surface area contributed by atoms with E-state index < -0.39 is 0 Å². The van der Waals surface area contributed by atoms with Gasteiger partial charge in [0.05, 0.1) is 6.04 Å². The standard InChI is InChI=1S/C16H19N3/c1-11-8-13(10-18-9-11)16(19-17)15-7-6-12-4-2-3-5-14(12)15/h2-5,8-10,15-16,19H,6-7,17H2,1H3. The first-order valence-corrected chi connectivity index (χ1v) is 6.75. The number of benzene rings is 1. The van der Waals surface area contributed by atoms with Crippen LogP contribution in [0.4, 0.5) is 0 Å². The van der Waals surface area contributed by atoms with Gasteiger partial charge in [0.15, 0.2) is 0 Å². The van der Waals surface area contributed by atoms with E-state index in [-0.39, 0.29) is 6.04 Å². The molecule has 1 aromatic heterocycles. The van der Waals surface area contributed by atoms with Gasteiger partial charge in [-0.05, 0) is 42.0 Å². The monoisotopic (exact) mass is 253 g/mol. The first-order valence-electron chi connectivity index (χ1n) is 6.75. The third-order valence-corrected chi connectivity index (χ3v) is 4.02. The van der Waals surface area contributed by atoms with Crippen molar-refractivity contribution in [3.63, 3.8) is 0 Å². The van der Waals surface area contributed by atoms with Gasteiger partial charge in [-0.1, -0.05) is 30.3 Å². The lowest BCUT2D eigenvalue weighted by molar-refractivity contribution is 0.451. The molecule has 0 radical (unpaired) electrons. The number of nitrogens with two attached hydrogens (primary N) is 1. The number of aromatic nitrogens is 1. The van der Waals surface area contributed by atoms with Crippen LogP contribution in [0.3, 0.4) is 0 Å². The highest BCUT2D eigenvalue weighted by Gasteiger charge is 2.30. The van der Waals surface area contributed by atoms with Crippen LogP contribution < -0.4 is 11.3 Å². The summed E-state index contributed by atoms with van der Waals surface area (Å²) in [6.07, 6.45) is 6.07. The van der Waals surface area contributed by atoms with E-state index in [0.717, 1.165) is 12.8 Å². The Morgan fingerprint density at radius 2 is 2.16 bits per heavy atom. The summed E-state index contributed by atoms with van der Waals surface area (Å²) < 4.78 is 0. The number of hydrogen-bond donors (Lipinski definition) is 2. The van der Waals surface area contributed by atoms with Gasteiger partial charge in [-0.25, -0.2) is 0 Å². The van der Waals surface area contributed by atoms with E-state index in [1.165, 1.54) is 22.3 Å². The number of fused-ring (bicyclic) bond motifs is 1. The zero-order valence-corrected chi connectivity index (χ0v) is 11.1. The molecule has 0 bridgehead atoms. The third-order valence-electron chi connectivity index (χ3n) is 4.02. The first kappa shape index (κ1) is 12.3. The lowest BCUT2D eigenvalue weighted by atomic mass is 9.89. The molecule has 2 aromatic rings. The molecule has 19 heavy (non-hydrogen) atoms. The van der Waals surface area contributed by atoms with Crippen molar-refractivity contribution >= 4 is 0 Å². The number of hydrogen-bond acceptors (Lipinski definition) is 3. The molecule has 1 aliphatic rings. The number of aryl methyl sites for hydroxylation is 2. The van der Waals surface area contributed by atoms with E-state index in [9.17, 15) is 0 Å². The lowest BCUT2D eigenvalue weighted by Crippen LogP contribution is -2.32. The van der Waals surface area contributed by atoms with E-state index in [4.69, 9.17) is 5.84 Å². The quantitative estimate of drug-likeness (QED) is 0.653. The Morgan fingerprint density at radius 3 is 2.95 bits per heavy atom. The topological polar surface area (TPSA) is 50.9 Å². The maximum absolute atomic E-state index is 5.81. The average Bonchev–Trinajstić information content (AvgIpc) is 2.84. The minimum atomic E-state index is 0.135. The number of rotatable bonds is 3. The van der Waals surface area contributed by atoms with Gasteiger partial charge >= 0.3 is 0 Å². The van der Waals surface area contributed by atoms with Crippen molar-refractivity contribution in [2.24, 2.45) is 5.84 Å². The number of nitrogens with zero attached hydrogens (tertiary/aromatic N) is 1. The number of nitrogens with one attached hydrogen (secondary N) is 1. The molecule has 3 N–H and O–H groups in total. The van der Waals surface area contributed by atoms with Crippen molar-refractivity contribution in [3.05, 3.63) is 65.0 Å². The average molecular weight is 253 g/mol. The van der Waals surface area contributed by atoms with E-state index in [2.05, 4.69) is 47.7 Å². The minimum Gasteiger partial charge on any atom is -0.271 e. The highest BCUT2D eigenvalue weighted by atomic mass is 15.2. The Balaban J connectivity index is 1.96. The highest BCUT2D eigenvalue weighted by molar-refractivity contribution is 5.38. The second kappa shape index (κ2) is 5.11. The maximum atomic E-state index is 5.81. The van der Waals surface area contributed by atoms with Gasteiger partial charge < -0.3 is 0 Å². The van der Waals surface area contributed by atoms with E-state index >= 15 is 0 Å². The summed E-state index contributed by atoms with van der Waals surface area (Å²) in [4.78, 5) is 4.28. The van der Waals surface area contributed by atoms with Gasteiger partial charge in [-0.15, -0.1) is 0 Å². The predicted molar refractivity (Wildman–Crippen MR) is 76.5 cm³/mol. The zero-order valence-electron chi connectivity index (χ0n) is 11.1. The van der Waals surface area contributed by atoms with Crippen LogP contribution in [0.25, 0.3) is 0 Å². The van der Waals surface area contributed by atoms with Crippen LogP contribution >= 0.6 is 0 Å². The van der Waals surface area contributed by atoms with Crippen molar-refractivity contribution in [2.75, 3.05) is 0 Å². The second-order valence-corrected chi connectivity index (χ2v) is 5.28. The van der Waals surface area contributed by atoms with E-state index in [1.807, 2.05) is 12.4 Å². The summed E-state index contributed by atoms with van der Waals surface area (Å²) >= 11 is 0. The SMILES string of the molecule is Cc1cncc(C(NN)C2CCc3ccccc32)c1. The van der Waals surface area contributed by atoms with Crippen LogP contribution in [0.5, 0.6) is 0 Å². The fourth-order valence-electron chi connectivity index (χ4n) is 3.13. The lowest BCUT2D eigenvalue weighted by Gasteiger charge is -2.24. The molecule has 1 aromatic carbocycles. The summed E-state index contributed by atoms with van der Waals surface area (Å²) in [5.41, 5.74) is 8.20. The van der Waals surface area contributed by atoms with Gasteiger partial charge in [-0.3, -0.25) is 16.3 Å². The summed E-state index contributed by atoms with van der Waals surface area (Å²) in [5, 5.41) is 0. The molecule has 1 heterocycles. The Kier molecular flexibility index (Phi) is 3.32. The minimum absolute atomic E-state index is 0.135. The molecule has 3 nitrogen and oxygen atoms in total. The number of hydrazine groups is 1. The van der Waals surface area contributed by atoms with Crippen molar-refractivity contribution in [2.45, 2.75) is 31.7 Å². The first-order chi connectivity index (χ1) is 9.29. The highest BCUT2D eigenvalue weighted by Crippen LogP contribution is 2.41. The molecule has 3 rings (SSSR count). The van der Waals surface area contributed by atoms with Crippen LogP contribution in [0.2, 0.25) is 0 Å². The van der Waals surface area contributed by atoms with Crippen LogP contribution in [0, 0.1) is 6.92 Å². The Morgan fingerprint density at radius 1 is 1.32 bits per heavy atom. The molecule has 3 heteroatoms. The predicted octanol–water partition coefficient (Wildman–Crippen LogP) is 2.62. The van der Waals surface area contributed by atoms with Crippen molar-refractivity contribution in [3.8, 4) is 0 Å². The molecule has 1 aliphatic carbocycles. The van der Waals surface area contributed by atoms with Crippen LogP contribution in [0.1, 0.15) is 40.6 Å². The molecule has 98 valence electrons. The molecule has 0 saturated heterocycles. The van der Waals surface area contributed by atoms with E-state index in [0.29, 0.717) is 5.92 Å². The Labute approximate surface area is 113 Å². The zero-order chi connectivity index (χ0) is 13.2. The summed E-state index contributed by atoms with van der Waals surface area (Å²) in [6.45, 7) is 2.06. The Hall–Kier alpha value is -1.71. The van der Waals surface area contributed by atoms with Gasteiger partial charge in [-0.2, -0.15) is 0 Å². The van der Waals surface area contributed by atoms with Crippen LogP contribution in [-0.4, -0.2) is 4.98 Å². The normalized spacial score (nSPS) is 19.2. The van der Waals surface area contributed by atoms with Gasteiger partial charge in [0, 0.05) is 18.3 Å². The molecule has 0 fully saturated rings. The molecular weight excluding hydrogens is 234 g/mol. The Bertz CT molecular complexity index is 580. The largest absolute Gasteiger partial charge is 0.271 e. The van der Waals surface area contributed by atoms with Gasteiger partial charge in [0.2, 0.25) is 0 Å². The summed E-state index contributed by atoms with van der Waals surface area (Å²) in [5.74, 6) is 6.25. The van der Waals surface area contributed by atoms with Crippen LogP contribution in [0.15, 0.2) is 42.7 Å². The van der Waals surface area contributed by atoms with Gasteiger partial charge in [0.1, 0.15) is 0 Å². The molecule has 2 unspecified atom stereocenters. The fraction of sp³-hybridized carbons (Fsp3) is 0.312. The van der Waals surface area contributed by atoms with Crippen molar-refractivity contribution in [1.29, 1.82) is 0 Å². The third kappa shape index (κ3) is 2.27. The molecule has 0 spiro atoms. The molecule has 0 saturated carbocycles. The number of pyridine rings is 1. The summed E-state index contributed by atoms with van der Waals surface area (Å²) in [6, 6.07) is 11.0. The fourth-order valence-corrected chi connectivity index (χ4v) is 3.13. The van der Waals surface area contributed by atoms with Gasteiger partial charge in [0.25, 0.3) is 0 Å². The van der Waals surface area contributed by atoms with Crippen LogP contribution in [-0.2, 0) is 6.42 Å². The molecular formula is C16H19N3. The van der Waals surface area contributed by atoms with E-state index in [1.54, 1.807) is 0 Å². The molecule has 2 atom stereocenters. The summed E-state index contributed by atoms with van der Waals surface area (Å²) in [7, 11) is 0. The van der Waals surface area contributed by atoms with Crippen molar-refractivity contribution in [1.82, 2.24) is 10.4 Å². The molecule has 0 aliphatic heterocycles. The molecule has 0 amide bonds. The second-order valence-electron chi connectivity index (χ2n) is 5.28. The smallest absolute Gasteiger partial charge is 0.0544 e.